The summed E-state index contributed by atoms with van der Waals surface area (Å²) in [5.41, 5.74) is 1.06. The predicted octanol–water partition coefficient (Wildman–Crippen LogP) is 4.33. The molecule has 4 heteroatoms. The Hall–Kier alpha value is -2.52. The Balaban J connectivity index is 1.89. The second-order valence-electron chi connectivity index (χ2n) is 5.13. The highest BCUT2D eigenvalue weighted by atomic mass is 35.5. The van der Waals surface area contributed by atoms with Crippen LogP contribution < -0.4 is 0 Å². The Morgan fingerprint density at radius 3 is 2.41 bits per heavy atom. The van der Waals surface area contributed by atoms with Crippen molar-refractivity contribution in [1.82, 2.24) is 0 Å². The molecule has 0 spiro atoms. The number of fused-ring (bicyclic) bond motifs is 1. The van der Waals surface area contributed by atoms with Crippen LogP contribution in [0.5, 0.6) is 11.5 Å². The third kappa shape index (κ3) is 2.90. The van der Waals surface area contributed by atoms with Crippen LogP contribution in [0.1, 0.15) is 15.9 Å². The molecule has 0 amide bonds. The van der Waals surface area contributed by atoms with Gasteiger partial charge in [-0.05, 0) is 40.6 Å². The molecule has 0 heterocycles. The van der Waals surface area contributed by atoms with Gasteiger partial charge < -0.3 is 10.2 Å². The first-order chi connectivity index (χ1) is 10.5. The average Bonchev–Trinajstić information content (AvgIpc) is 2.47. The first-order valence-electron chi connectivity index (χ1n) is 6.76. The Morgan fingerprint density at radius 2 is 1.64 bits per heavy atom. The second-order valence-corrected chi connectivity index (χ2v) is 5.56. The van der Waals surface area contributed by atoms with E-state index < -0.39 is 0 Å². The van der Waals surface area contributed by atoms with Crippen LogP contribution in [0.3, 0.4) is 0 Å². The lowest BCUT2D eigenvalue weighted by Crippen LogP contribution is -2.03. The van der Waals surface area contributed by atoms with E-state index in [0.29, 0.717) is 5.02 Å². The number of phenolic OH excluding ortho intramolecular Hbond substituents is 2. The molecule has 2 N–H and O–H groups in total. The van der Waals surface area contributed by atoms with Gasteiger partial charge in [-0.2, -0.15) is 0 Å². The number of hydrogen-bond donors (Lipinski definition) is 2. The molecule has 3 aromatic rings. The van der Waals surface area contributed by atoms with Gasteiger partial charge in [0.25, 0.3) is 0 Å². The first-order valence-corrected chi connectivity index (χ1v) is 7.14. The summed E-state index contributed by atoms with van der Waals surface area (Å²) >= 11 is 5.95. The number of halogens is 1. The van der Waals surface area contributed by atoms with Gasteiger partial charge in [0.1, 0.15) is 11.5 Å². The van der Waals surface area contributed by atoms with E-state index in [1.807, 2.05) is 30.3 Å². The molecule has 0 bridgehead atoms. The van der Waals surface area contributed by atoms with Crippen LogP contribution in [-0.4, -0.2) is 16.0 Å². The largest absolute Gasteiger partial charge is 0.508 e. The summed E-state index contributed by atoms with van der Waals surface area (Å²) in [5.74, 6) is -0.486. The fraction of sp³-hybridized carbons (Fsp3) is 0.0556. The first kappa shape index (κ1) is 14.4. The minimum Gasteiger partial charge on any atom is -0.508 e. The highest BCUT2D eigenvalue weighted by Crippen LogP contribution is 2.25. The molecule has 0 aliphatic rings. The maximum atomic E-state index is 12.3. The van der Waals surface area contributed by atoms with Crippen LogP contribution in [0.2, 0.25) is 5.02 Å². The maximum absolute atomic E-state index is 12.3. The van der Waals surface area contributed by atoms with Gasteiger partial charge in [-0.25, -0.2) is 0 Å². The quantitative estimate of drug-likeness (QED) is 0.708. The fourth-order valence-corrected chi connectivity index (χ4v) is 2.59. The van der Waals surface area contributed by atoms with Gasteiger partial charge in [-0.3, -0.25) is 4.79 Å². The summed E-state index contributed by atoms with van der Waals surface area (Å²) in [7, 11) is 0. The molecule has 0 radical (unpaired) electrons. The molecular formula is C18H13ClO3. The molecule has 3 nitrogen and oxygen atoms in total. The van der Waals surface area contributed by atoms with Crippen LogP contribution in [0.4, 0.5) is 0 Å². The van der Waals surface area contributed by atoms with E-state index in [9.17, 15) is 15.0 Å². The zero-order valence-electron chi connectivity index (χ0n) is 11.6. The summed E-state index contributed by atoms with van der Waals surface area (Å²) in [5, 5.41) is 21.7. The standard InChI is InChI=1S/C18H13ClO3/c19-14-4-3-12-7-11(1-2-13(12)9-14)8-17(21)16-6-5-15(20)10-18(16)22/h1-7,9-10,20,22H,8H2. The third-order valence-electron chi connectivity index (χ3n) is 3.51. The van der Waals surface area contributed by atoms with E-state index in [1.165, 1.54) is 12.1 Å². The number of rotatable bonds is 3. The summed E-state index contributed by atoms with van der Waals surface area (Å²) in [6.45, 7) is 0. The van der Waals surface area contributed by atoms with Crippen molar-refractivity contribution in [1.29, 1.82) is 0 Å². The number of aromatic hydroxyl groups is 2. The van der Waals surface area contributed by atoms with Gasteiger partial charge in [0, 0.05) is 17.5 Å². The number of benzene rings is 3. The van der Waals surface area contributed by atoms with Crippen molar-refractivity contribution < 1.29 is 15.0 Å². The van der Waals surface area contributed by atoms with E-state index in [0.717, 1.165) is 22.4 Å². The van der Waals surface area contributed by atoms with Crippen molar-refractivity contribution in [3.63, 3.8) is 0 Å². The van der Waals surface area contributed by atoms with Gasteiger partial charge in [-0.15, -0.1) is 0 Å². The molecule has 0 fully saturated rings. The lowest BCUT2D eigenvalue weighted by Gasteiger charge is -2.06. The van der Waals surface area contributed by atoms with Crippen molar-refractivity contribution >= 4 is 28.2 Å². The smallest absolute Gasteiger partial charge is 0.170 e. The maximum Gasteiger partial charge on any atom is 0.170 e. The SMILES string of the molecule is O=C(Cc1ccc2cc(Cl)ccc2c1)c1ccc(O)cc1O. The number of carbonyl (C=O) groups excluding carboxylic acids is 1. The number of hydrogen-bond acceptors (Lipinski definition) is 3. The zero-order valence-corrected chi connectivity index (χ0v) is 12.3. The number of Topliss-reactive ketones (excluding diaryl/α,β-unsaturated/α-hetero) is 1. The summed E-state index contributed by atoms with van der Waals surface area (Å²) in [6, 6.07) is 15.3. The van der Waals surface area contributed by atoms with Gasteiger partial charge in [-0.1, -0.05) is 35.9 Å². The molecule has 22 heavy (non-hydrogen) atoms. The van der Waals surface area contributed by atoms with Crippen LogP contribution >= 0.6 is 11.6 Å². The van der Waals surface area contributed by atoms with E-state index in [-0.39, 0.29) is 29.3 Å². The normalized spacial score (nSPS) is 10.8. The fourth-order valence-electron chi connectivity index (χ4n) is 2.41. The monoisotopic (exact) mass is 312 g/mol. The summed E-state index contributed by atoms with van der Waals surface area (Å²) in [6.07, 6.45) is 0.177. The van der Waals surface area contributed by atoms with Gasteiger partial charge in [0.05, 0.1) is 5.56 Å². The van der Waals surface area contributed by atoms with Crippen molar-refractivity contribution in [2.75, 3.05) is 0 Å². The minimum absolute atomic E-state index is 0.0726. The van der Waals surface area contributed by atoms with Gasteiger partial charge >= 0.3 is 0 Å². The zero-order chi connectivity index (χ0) is 15.7. The predicted molar refractivity (Wildman–Crippen MR) is 86.8 cm³/mol. The van der Waals surface area contributed by atoms with Crippen LogP contribution in [0.15, 0.2) is 54.6 Å². The highest BCUT2D eigenvalue weighted by Gasteiger charge is 2.12. The minimum atomic E-state index is -0.211. The topological polar surface area (TPSA) is 57.5 Å². The molecule has 0 aliphatic carbocycles. The van der Waals surface area contributed by atoms with E-state index in [4.69, 9.17) is 11.6 Å². The molecule has 0 unspecified atom stereocenters. The lowest BCUT2D eigenvalue weighted by molar-refractivity contribution is 0.0990. The number of carbonyl (C=O) groups is 1. The van der Waals surface area contributed by atoms with E-state index in [1.54, 1.807) is 6.07 Å². The molecule has 3 aromatic carbocycles. The molecule has 0 saturated heterocycles. The molecule has 3 rings (SSSR count). The molecule has 0 aliphatic heterocycles. The highest BCUT2D eigenvalue weighted by molar-refractivity contribution is 6.31. The van der Waals surface area contributed by atoms with Crippen molar-refractivity contribution in [3.8, 4) is 11.5 Å². The van der Waals surface area contributed by atoms with Crippen molar-refractivity contribution in [3.05, 3.63) is 70.7 Å². The third-order valence-corrected chi connectivity index (χ3v) is 3.75. The Morgan fingerprint density at radius 1 is 0.909 bits per heavy atom. The second kappa shape index (κ2) is 5.70. The number of phenols is 2. The average molecular weight is 313 g/mol. The van der Waals surface area contributed by atoms with Crippen LogP contribution in [-0.2, 0) is 6.42 Å². The molecule has 0 saturated carbocycles. The molecule has 0 atom stereocenters. The summed E-state index contributed by atoms with van der Waals surface area (Å²) in [4.78, 5) is 12.3. The van der Waals surface area contributed by atoms with Crippen molar-refractivity contribution in [2.24, 2.45) is 0 Å². The van der Waals surface area contributed by atoms with Crippen molar-refractivity contribution in [2.45, 2.75) is 6.42 Å². The molecule has 0 aromatic heterocycles. The lowest BCUT2D eigenvalue weighted by atomic mass is 9.99. The molecule has 110 valence electrons. The number of ketones is 1. The van der Waals surface area contributed by atoms with Crippen LogP contribution in [0.25, 0.3) is 10.8 Å². The Bertz CT molecular complexity index is 871. The summed E-state index contributed by atoms with van der Waals surface area (Å²) < 4.78 is 0. The Labute approximate surface area is 132 Å². The van der Waals surface area contributed by atoms with Gasteiger partial charge in [0.2, 0.25) is 0 Å². The van der Waals surface area contributed by atoms with E-state index >= 15 is 0 Å². The van der Waals surface area contributed by atoms with Crippen LogP contribution in [0, 0.1) is 0 Å². The van der Waals surface area contributed by atoms with E-state index in [2.05, 4.69) is 0 Å². The molecular weight excluding hydrogens is 300 g/mol. The Kier molecular flexibility index (Phi) is 3.73. The van der Waals surface area contributed by atoms with Gasteiger partial charge in [0.15, 0.2) is 5.78 Å².